The highest BCUT2D eigenvalue weighted by atomic mass is 32.1. The van der Waals surface area contributed by atoms with Gasteiger partial charge in [-0.05, 0) is 18.4 Å². The van der Waals surface area contributed by atoms with Crippen molar-refractivity contribution in [2.75, 3.05) is 6.54 Å². The number of hydrogen-bond acceptors (Lipinski definition) is 3. The lowest BCUT2D eigenvalue weighted by Crippen LogP contribution is -2.26. The van der Waals surface area contributed by atoms with Gasteiger partial charge in [-0.25, -0.2) is 4.98 Å². The predicted octanol–water partition coefficient (Wildman–Crippen LogP) is 3.89. The van der Waals surface area contributed by atoms with Crippen LogP contribution in [0, 0.1) is 0 Å². The van der Waals surface area contributed by atoms with Crippen molar-refractivity contribution in [3.8, 4) is 0 Å². The van der Waals surface area contributed by atoms with E-state index >= 15 is 0 Å². The summed E-state index contributed by atoms with van der Waals surface area (Å²) in [4.78, 5) is 6.46. The molecule has 106 valence electrons. The lowest BCUT2D eigenvalue weighted by Gasteiger charge is -2.30. The maximum Gasteiger partial charge on any atom is 0.104 e. The maximum atomic E-state index is 5.02. The molecule has 0 amide bonds. The van der Waals surface area contributed by atoms with E-state index in [1.165, 1.54) is 21.1 Å². The van der Waals surface area contributed by atoms with Gasteiger partial charge in [0.2, 0.25) is 0 Å². The van der Waals surface area contributed by atoms with E-state index in [4.69, 9.17) is 4.98 Å². The summed E-state index contributed by atoms with van der Waals surface area (Å²) in [5.41, 5.74) is 2.82. The van der Waals surface area contributed by atoms with Gasteiger partial charge in [0, 0.05) is 29.8 Å². The van der Waals surface area contributed by atoms with Crippen LogP contribution in [0.4, 0.5) is 0 Å². The monoisotopic (exact) mass is 286 g/mol. The summed E-state index contributed by atoms with van der Waals surface area (Å²) >= 11 is 1.91. The molecule has 0 saturated carbocycles. The summed E-state index contributed by atoms with van der Waals surface area (Å²) in [5.74, 6) is 0. The van der Waals surface area contributed by atoms with Crippen molar-refractivity contribution in [2.24, 2.45) is 0 Å². The lowest BCUT2D eigenvalue weighted by molar-refractivity contribution is 0.474. The van der Waals surface area contributed by atoms with Gasteiger partial charge in [0.05, 0.1) is 5.69 Å². The van der Waals surface area contributed by atoms with Crippen molar-refractivity contribution < 1.29 is 0 Å². The van der Waals surface area contributed by atoms with Crippen molar-refractivity contribution in [1.82, 2.24) is 10.3 Å². The van der Waals surface area contributed by atoms with Crippen LogP contribution in [0.1, 0.15) is 47.8 Å². The molecular weight excluding hydrogens is 264 g/mol. The van der Waals surface area contributed by atoms with Crippen molar-refractivity contribution in [3.05, 3.63) is 51.5 Å². The van der Waals surface area contributed by atoms with E-state index < -0.39 is 0 Å². The Morgan fingerprint density at radius 3 is 2.60 bits per heavy atom. The molecule has 0 radical (unpaired) electrons. The van der Waals surface area contributed by atoms with Crippen LogP contribution in [-0.2, 0) is 18.4 Å². The number of thiazole rings is 1. The molecule has 2 heterocycles. The van der Waals surface area contributed by atoms with E-state index in [0.717, 1.165) is 32.4 Å². The summed E-state index contributed by atoms with van der Waals surface area (Å²) in [6, 6.07) is 10.9. The summed E-state index contributed by atoms with van der Waals surface area (Å²) in [5, 5.41) is 4.76. The second-order valence-corrected chi connectivity index (χ2v) is 6.55. The molecule has 1 aliphatic heterocycles. The SMILES string of the molecule is CCC(CC)(c1ccccc1)c1nc2c(s1)CNCC2. The highest BCUT2D eigenvalue weighted by molar-refractivity contribution is 7.12. The Morgan fingerprint density at radius 2 is 1.95 bits per heavy atom. The minimum absolute atomic E-state index is 0.0866. The van der Waals surface area contributed by atoms with Gasteiger partial charge in [0.15, 0.2) is 0 Å². The molecule has 0 fully saturated rings. The maximum absolute atomic E-state index is 5.02. The second kappa shape index (κ2) is 5.66. The first-order valence-electron chi connectivity index (χ1n) is 7.55. The molecule has 2 aromatic rings. The largest absolute Gasteiger partial charge is 0.311 e. The van der Waals surface area contributed by atoms with E-state index in [2.05, 4.69) is 49.5 Å². The van der Waals surface area contributed by atoms with Crippen molar-refractivity contribution in [1.29, 1.82) is 0 Å². The van der Waals surface area contributed by atoms with Crippen LogP contribution in [0.15, 0.2) is 30.3 Å². The quantitative estimate of drug-likeness (QED) is 0.922. The number of fused-ring (bicyclic) bond motifs is 1. The number of nitrogens with zero attached hydrogens (tertiary/aromatic N) is 1. The van der Waals surface area contributed by atoms with Crippen LogP contribution < -0.4 is 5.32 Å². The minimum Gasteiger partial charge on any atom is -0.311 e. The van der Waals surface area contributed by atoms with Gasteiger partial charge in [-0.3, -0.25) is 0 Å². The number of hydrogen-bond donors (Lipinski definition) is 1. The van der Waals surface area contributed by atoms with Gasteiger partial charge in [-0.15, -0.1) is 11.3 Å². The van der Waals surface area contributed by atoms with Gasteiger partial charge < -0.3 is 5.32 Å². The van der Waals surface area contributed by atoms with Crippen LogP contribution in [-0.4, -0.2) is 11.5 Å². The number of rotatable bonds is 4. The van der Waals surface area contributed by atoms with Crippen LogP contribution in [0.5, 0.6) is 0 Å². The Balaban J connectivity index is 2.08. The molecule has 0 atom stereocenters. The van der Waals surface area contributed by atoms with Gasteiger partial charge in [0.25, 0.3) is 0 Å². The predicted molar refractivity (Wildman–Crippen MR) is 85.3 cm³/mol. The molecule has 1 aromatic heterocycles. The van der Waals surface area contributed by atoms with Crippen molar-refractivity contribution in [3.63, 3.8) is 0 Å². The number of nitrogens with one attached hydrogen (secondary N) is 1. The van der Waals surface area contributed by atoms with Crippen LogP contribution in [0.3, 0.4) is 0 Å². The zero-order valence-electron chi connectivity index (χ0n) is 12.3. The standard InChI is InChI=1S/C17H22N2S/c1-3-17(4-2,13-8-6-5-7-9-13)16-19-14-10-11-18-12-15(14)20-16/h5-9,18H,3-4,10-12H2,1-2H3. The highest BCUT2D eigenvalue weighted by Crippen LogP contribution is 2.41. The molecule has 2 nitrogen and oxygen atoms in total. The molecule has 0 saturated heterocycles. The molecule has 0 bridgehead atoms. The van der Waals surface area contributed by atoms with E-state index in [1.54, 1.807) is 0 Å². The first kappa shape index (κ1) is 13.8. The lowest BCUT2D eigenvalue weighted by atomic mass is 9.76. The number of benzene rings is 1. The first-order valence-corrected chi connectivity index (χ1v) is 8.37. The van der Waals surface area contributed by atoms with Crippen LogP contribution >= 0.6 is 11.3 Å². The summed E-state index contributed by atoms with van der Waals surface area (Å²) in [7, 11) is 0. The molecule has 1 aromatic carbocycles. The fourth-order valence-corrected chi connectivity index (χ4v) is 4.60. The summed E-state index contributed by atoms with van der Waals surface area (Å²) < 4.78 is 0. The van der Waals surface area contributed by atoms with E-state index in [1.807, 2.05) is 11.3 Å². The Kier molecular flexibility index (Phi) is 3.90. The molecule has 20 heavy (non-hydrogen) atoms. The molecule has 3 heteroatoms. The highest BCUT2D eigenvalue weighted by Gasteiger charge is 2.34. The molecule has 3 rings (SSSR count). The van der Waals surface area contributed by atoms with E-state index in [9.17, 15) is 0 Å². The average Bonchev–Trinajstić information content (AvgIpc) is 2.94. The zero-order valence-corrected chi connectivity index (χ0v) is 13.1. The topological polar surface area (TPSA) is 24.9 Å². The van der Waals surface area contributed by atoms with Gasteiger partial charge >= 0.3 is 0 Å². The van der Waals surface area contributed by atoms with Crippen molar-refractivity contribution in [2.45, 2.75) is 45.1 Å². The van der Waals surface area contributed by atoms with Crippen molar-refractivity contribution >= 4 is 11.3 Å². The third-order valence-electron chi connectivity index (χ3n) is 4.55. The summed E-state index contributed by atoms with van der Waals surface area (Å²) in [6.07, 6.45) is 3.28. The Hall–Kier alpha value is -1.19. The fraction of sp³-hybridized carbons (Fsp3) is 0.471. The molecule has 0 unspecified atom stereocenters. The molecule has 0 spiro atoms. The third-order valence-corrected chi connectivity index (χ3v) is 5.85. The zero-order chi connectivity index (χ0) is 14.0. The van der Waals surface area contributed by atoms with Crippen LogP contribution in [0.2, 0.25) is 0 Å². The molecule has 0 aliphatic carbocycles. The second-order valence-electron chi connectivity index (χ2n) is 5.47. The number of aromatic nitrogens is 1. The van der Waals surface area contributed by atoms with Gasteiger partial charge in [-0.1, -0.05) is 44.2 Å². The average molecular weight is 286 g/mol. The smallest absolute Gasteiger partial charge is 0.104 e. The Labute approximate surface area is 125 Å². The third kappa shape index (κ3) is 2.19. The normalized spacial score (nSPS) is 15.1. The first-order chi connectivity index (χ1) is 9.80. The fourth-order valence-electron chi connectivity index (χ4n) is 3.17. The summed E-state index contributed by atoms with van der Waals surface area (Å²) in [6.45, 7) is 6.63. The van der Waals surface area contributed by atoms with E-state index in [0.29, 0.717) is 0 Å². The molecule has 1 N–H and O–H groups in total. The Bertz CT molecular complexity index is 546. The molecular formula is C17H22N2S. The van der Waals surface area contributed by atoms with Crippen LogP contribution in [0.25, 0.3) is 0 Å². The Morgan fingerprint density at radius 1 is 1.20 bits per heavy atom. The molecule has 1 aliphatic rings. The van der Waals surface area contributed by atoms with E-state index in [-0.39, 0.29) is 5.41 Å². The van der Waals surface area contributed by atoms with Gasteiger partial charge in [-0.2, -0.15) is 0 Å². The minimum atomic E-state index is 0.0866. The van der Waals surface area contributed by atoms with Gasteiger partial charge in [0.1, 0.15) is 5.01 Å².